The number of nitrogens with zero attached hydrogens (tertiary/aromatic N) is 1. The Morgan fingerprint density at radius 1 is 1.28 bits per heavy atom. The summed E-state index contributed by atoms with van der Waals surface area (Å²) in [5.41, 5.74) is 9.89. The molecule has 7 nitrogen and oxygen atoms in total. The average Bonchev–Trinajstić information content (AvgIpc) is 2.11. The summed E-state index contributed by atoms with van der Waals surface area (Å²) in [6.45, 7) is -2.92. The largest absolute Gasteiger partial charge is 0.480 e. The number of primary amides is 1. The van der Waals surface area contributed by atoms with E-state index in [0.29, 0.717) is 0 Å². The second kappa shape index (κ2) is 6.19. The number of halogens is 3. The first kappa shape index (κ1) is 16.2. The molecule has 10 heteroatoms. The smallest absolute Gasteiger partial charge is 0.406 e. The van der Waals surface area contributed by atoms with Crippen molar-refractivity contribution in [2.24, 2.45) is 11.5 Å². The number of aliphatic carboxylic acids is 1. The summed E-state index contributed by atoms with van der Waals surface area (Å²) in [6.07, 6.45) is -5.43. The number of hydrogen-bond donors (Lipinski definition) is 3. The van der Waals surface area contributed by atoms with Gasteiger partial charge in [-0.05, 0) is 0 Å². The fraction of sp³-hybridized carbons (Fsp3) is 0.625. The average molecular weight is 271 g/mol. The van der Waals surface area contributed by atoms with Gasteiger partial charge in [-0.1, -0.05) is 0 Å². The summed E-state index contributed by atoms with van der Waals surface area (Å²) < 4.78 is 36.4. The highest BCUT2D eigenvalue weighted by atomic mass is 19.4. The molecule has 0 heterocycles. The van der Waals surface area contributed by atoms with Gasteiger partial charge < -0.3 is 21.5 Å². The number of hydrogen-bond acceptors (Lipinski definition) is 4. The van der Waals surface area contributed by atoms with Gasteiger partial charge in [0, 0.05) is 0 Å². The van der Waals surface area contributed by atoms with Crippen LogP contribution in [0.25, 0.3) is 0 Å². The molecule has 18 heavy (non-hydrogen) atoms. The summed E-state index contributed by atoms with van der Waals surface area (Å²) in [4.78, 5) is 32.3. The zero-order valence-corrected chi connectivity index (χ0v) is 9.11. The van der Waals surface area contributed by atoms with Crippen LogP contribution in [-0.2, 0) is 14.4 Å². The topological polar surface area (TPSA) is 127 Å². The van der Waals surface area contributed by atoms with E-state index in [9.17, 15) is 27.6 Å². The molecule has 0 spiro atoms. The molecule has 1 unspecified atom stereocenters. The molecule has 0 bridgehead atoms. The van der Waals surface area contributed by atoms with Gasteiger partial charge in [0.05, 0.1) is 12.5 Å². The van der Waals surface area contributed by atoms with Gasteiger partial charge in [0.1, 0.15) is 13.1 Å². The predicted octanol–water partition coefficient (Wildman–Crippen LogP) is -1.34. The maximum Gasteiger partial charge on any atom is 0.406 e. The number of carboxylic acids is 1. The molecule has 0 aromatic carbocycles. The van der Waals surface area contributed by atoms with Crippen LogP contribution >= 0.6 is 0 Å². The normalized spacial score (nSPS) is 12.9. The van der Waals surface area contributed by atoms with E-state index >= 15 is 0 Å². The van der Waals surface area contributed by atoms with Crippen LogP contribution in [0.15, 0.2) is 0 Å². The third-order valence-corrected chi connectivity index (χ3v) is 1.75. The molecule has 0 aliphatic heterocycles. The summed E-state index contributed by atoms with van der Waals surface area (Å²) in [6, 6.07) is -1.59. The van der Waals surface area contributed by atoms with Gasteiger partial charge in [-0.25, -0.2) is 0 Å². The Kier molecular flexibility index (Phi) is 5.56. The molecule has 0 aliphatic rings. The van der Waals surface area contributed by atoms with Crippen LogP contribution in [0.3, 0.4) is 0 Å². The number of carbonyl (C=O) groups excluding carboxylic acids is 2. The van der Waals surface area contributed by atoms with Crippen LogP contribution in [0, 0.1) is 0 Å². The molecule has 1 atom stereocenters. The number of nitrogens with two attached hydrogens (primary N) is 2. The number of carboxylic acid groups (broad SMARTS) is 1. The van der Waals surface area contributed by atoms with Crippen molar-refractivity contribution >= 4 is 17.8 Å². The third kappa shape index (κ3) is 6.68. The van der Waals surface area contributed by atoms with Crippen molar-refractivity contribution in [3.05, 3.63) is 0 Å². The molecule has 0 aromatic heterocycles. The van der Waals surface area contributed by atoms with Crippen molar-refractivity contribution in [2.45, 2.75) is 18.6 Å². The lowest BCUT2D eigenvalue weighted by Crippen LogP contribution is -2.50. The molecule has 5 N–H and O–H groups in total. The molecule has 0 aromatic rings. The molecule has 0 saturated carbocycles. The van der Waals surface area contributed by atoms with Gasteiger partial charge in [-0.3, -0.25) is 14.4 Å². The second-order valence-electron chi connectivity index (χ2n) is 3.48. The van der Waals surface area contributed by atoms with E-state index in [-0.39, 0.29) is 4.90 Å². The molecule has 0 rings (SSSR count). The van der Waals surface area contributed by atoms with Crippen LogP contribution in [0.4, 0.5) is 13.2 Å². The fourth-order valence-corrected chi connectivity index (χ4v) is 1.13. The van der Waals surface area contributed by atoms with Crippen molar-refractivity contribution in [2.75, 3.05) is 13.1 Å². The molecule has 0 aliphatic carbocycles. The number of amides is 2. The van der Waals surface area contributed by atoms with E-state index in [1.165, 1.54) is 0 Å². The number of rotatable bonds is 6. The van der Waals surface area contributed by atoms with Crippen LogP contribution < -0.4 is 11.5 Å². The highest BCUT2D eigenvalue weighted by Crippen LogP contribution is 2.17. The third-order valence-electron chi connectivity index (χ3n) is 1.75. The highest BCUT2D eigenvalue weighted by Gasteiger charge is 2.35. The fourth-order valence-electron chi connectivity index (χ4n) is 1.13. The molecule has 2 amide bonds. The van der Waals surface area contributed by atoms with E-state index in [1.807, 2.05) is 0 Å². The van der Waals surface area contributed by atoms with E-state index in [0.717, 1.165) is 0 Å². The SMILES string of the molecule is NC(=O)CC(N)C(=O)N(CC(=O)O)CC(F)(F)F. The predicted molar refractivity (Wildman–Crippen MR) is 52.1 cm³/mol. The first-order valence-corrected chi connectivity index (χ1v) is 4.64. The summed E-state index contributed by atoms with van der Waals surface area (Å²) >= 11 is 0. The van der Waals surface area contributed by atoms with Gasteiger partial charge in [-0.15, -0.1) is 0 Å². The van der Waals surface area contributed by atoms with E-state index in [1.54, 1.807) is 0 Å². The molecule has 0 radical (unpaired) electrons. The summed E-state index contributed by atoms with van der Waals surface area (Å²) in [7, 11) is 0. The zero-order valence-electron chi connectivity index (χ0n) is 9.11. The monoisotopic (exact) mass is 271 g/mol. The minimum Gasteiger partial charge on any atom is -0.480 e. The van der Waals surface area contributed by atoms with Crippen molar-refractivity contribution in [3.8, 4) is 0 Å². The molecule has 0 fully saturated rings. The summed E-state index contributed by atoms with van der Waals surface area (Å²) in [5.74, 6) is -3.90. The van der Waals surface area contributed by atoms with Gasteiger partial charge in [0.2, 0.25) is 11.8 Å². The van der Waals surface area contributed by atoms with Gasteiger partial charge >= 0.3 is 12.1 Å². The summed E-state index contributed by atoms with van der Waals surface area (Å²) in [5, 5.41) is 8.40. The minimum atomic E-state index is -4.77. The maximum atomic E-state index is 12.1. The molecule has 104 valence electrons. The van der Waals surface area contributed by atoms with Gasteiger partial charge in [0.15, 0.2) is 0 Å². The maximum absolute atomic E-state index is 12.1. The van der Waals surface area contributed by atoms with E-state index < -0.39 is 49.5 Å². The molecular weight excluding hydrogens is 259 g/mol. The van der Waals surface area contributed by atoms with Crippen LogP contribution in [0.5, 0.6) is 0 Å². The van der Waals surface area contributed by atoms with Crippen molar-refractivity contribution in [1.82, 2.24) is 4.90 Å². The lowest BCUT2D eigenvalue weighted by Gasteiger charge is -2.24. The Labute approximate surface area is 99.5 Å². The minimum absolute atomic E-state index is 0.00986. The zero-order chi connectivity index (χ0) is 14.5. The van der Waals surface area contributed by atoms with Crippen LogP contribution in [0.2, 0.25) is 0 Å². The van der Waals surface area contributed by atoms with Gasteiger partial charge in [0.25, 0.3) is 0 Å². The highest BCUT2D eigenvalue weighted by molar-refractivity contribution is 5.89. The Morgan fingerprint density at radius 3 is 2.11 bits per heavy atom. The van der Waals surface area contributed by atoms with E-state index in [2.05, 4.69) is 0 Å². The first-order valence-electron chi connectivity index (χ1n) is 4.64. The quantitative estimate of drug-likeness (QED) is 0.551. The number of carbonyl (C=O) groups is 3. The van der Waals surface area contributed by atoms with Crippen LogP contribution in [0.1, 0.15) is 6.42 Å². The first-order chi connectivity index (χ1) is 8.03. The Bertz CT molecular complexity index is 345. The van der Waals surface area contributed by atoms with Crippen molar-refractivity contribution in [3.63, 3.8) is 0 Å². The van der Waals surface area contributed by atoms with Crippen molar-refractivity contribution < 1.29 is 32.7 Å². The molecular formula is C8H12F3N3O4. The lowest BCUT2D eigenvalue weighted by atomic mass is 10.2. The lowest BCUT2D eigenvalue weighted by molar-refractivity contribution is -0.166. The number of alkyl halides is 3. The van der Waals surface area contributed by atoms with E-state index in [4.69, 9.17) is 16.6 Å². The van der Waals surface area contributed by atoms with Crippen molar-refractivity contribution in [1.29, 1.82) is 0 Å². The Morgan fingerprint density at radius 2 is 1.78 bits per heavy atom. The Balaban J connectivity index is 4.78. The molecule has 0 saturated heterocycles. The van der Waals surface area contributed by atoms with Crippen LogP contribution in [-0.4, -0.2) is 53.1 Å². The van der Waals surface area contributed by atoms with Gasteiger partial charge in [-0.2, -0.15) is 13.2 Å². The second-order valence-corrected chi connectivity index (χ2v) is 3.48. The Hall–Kier alpha value is -1.84. The standard InChI is InChI=1S/C8H12F3N3O4/c9-8(10,11)3-14(2-6(16)17)7(18)4(12)1-5(13)15/h4H,1-3,12H2,(H2,13,15)(H,16,17).